The van der Waals surface area contributed by atoms with Crippen molar-refractivity contribution < 1.29 is 0 Å². The zero-order valence-electron chi connectivity index (χ0n) is 7.72. The van der Waals surface area contributed by atoms with Crippen molar-refractivity contribution in [1.29, 1.82) is 0 Å². The molecule has 0 spiro atoms. The average Bonchev–Trinajstić information content (AvgIpc) is 1.99. The molecule has 2 heteroatoms. The molecule has 0 saturated heterocycles. The Balaban J connectivity index is 0.000000720. The molecule has 2 aliphatic rings. The second-order valence-corrected chi connectivity index (χ2v) is 4.13. The van der Waals surface area contributed by atoms with Gasteiger partial charge in [0.05, 0.1) is 0 Å². The van der Waals surface area contributed by atoms with Crippen molar-refractivity contribution >= 4 is 12.4 Å². The molecule has 2 saturated carbocycles. The van der Waals surface area contributed by atoms with Gasteiger partial charge in [0.2, 0.25) is 0 Å². The Morgan fingerprint density at radius 2 is 1.17 bits per heavy atom. The fourth-order valence-electron chi connectivity index (χ4n) is 2.18. The maximum atomic E-state index is 3.76. The van der Waals surface area contributed by atoms with Crippen LogP contribution in [0.15, 0.2) is 0 Å². The molecule has 12 heavy (non-hydrogen) atoms. The van der Waals surface area contributed by atoms with E-state index < -0.39 is 0 Å². The molecule has 0 aromatic heterocycles. The van der Waals surface area contributed by atoms with Gasteiger partial charge >= 0.3 is 0 Å². The van der Waals surface area contributed by atoms with Crippen molar-refractivity contribution in [3.63, 3.8) is 0 Å². The molecule has 2 rings (SSSR count). The maximum absolute atomic E-state index is 3.76. The molecule has 2 aliphatic carbocycles. The minimum Gasteiger partial charge on any atom is -0.311 e. The summed E-state index contributed by atoms with van der Waals surface area (Å²) in [6.45, 7) is 0. The van der Waals surface area contributed by atoms with Gasteiger partial charge in [0.15, 0.2) is 0 Å². The molecule has 0 aliphatic heterocycles. The summed E-state index contributed by atoms with van der Waals surface area (Å²) in [4.78, 5) is 0. The van der Waals surface area contributed by atoms with Crippen molar-refractivity contribution in [3.05, 3.63) is 0 Å². The highest BCUT2D eigenvalue weighted by atomic mass is 35.5. The van der Waals surface area contributed by atoms with Gasteiger partial charge in [-0.05, 0) is 25.7 Å². The van der Waals surface area contributed by atoms with Crippen LogP contribution in [0.4, 0.5) is 0 Å². The Labute approximate surface area is 81.7 Å². The lowest BCUT2D eigenvalue weighted by Crippen LogP contribution is -2.43. The topological polar surface area (TPSA) is 12.0 Å². The summed E-state index contributed by atoms with van der Waals surface area (Å²) in [6, 6.07) is 1.78. The van der Waals surface area contributed by atoms with Crippen molar-refractivity contribution in [1.82, 2.24) is 5.32 Å². The first-order valence-electron chi connectivity index (χ1n) is 5.21. The van der Waals surface area contributed by atoms with Crippen LogP contribution in [0, 0.1) is 0 Å². The van der Waals surface area contributed by atoms with Crippen LogP contribution in [0.1, 0.15) is 51.4 Å². The summed E-state index contributed by atoms with van der Waals surface area (Å²) in [7, 11) is 0. The van der Waals surface area contributed by atoms with E-state index in [0.29, 0.717) is 0 Å². The highest BCUT2D eigenvalue weighted by Crippen LogP contribution is 2.23. The largest absolute Gasteiger partial charge is 0.311 e. The van der Waals surface area contributed by atoms with E-state index in [2.05, 4.69) is 5.32 Å². The third kappa shape index (κ3) is 2.63. The lowest BCUT2D eigenvalue weighted by molar-refractivity contribution is 0.266. The molecule has 0 unspecified atom stereocenters. The second-order valence-electron chi connectivity index (χ2n) is 4.13. The molecule has 0 aromatic carbocycles. The van der Waals surface area contributed by atoms with Gasteiger partial charge in [-0.15, -0.1) is 12.4 Å². The molecular formula is C10H20ClN. The minimum atomic E-state index is 0. The third-order valence-electron chi connectivity index (χ3n) is 3.18. The van der Waals surface area contributed by atoms with Gasteiger partial charge in [0.25, 0.3) is 0 Å². The Morgan fingerprint density at radius 1 is 0.667 bits per heavy atom. The summed E-state index contributed by atoms with van der Waals surface area (Å²) >= 11 is 0. The Hall–Kier alpha value is 0.250. The van der Waals surface area contributed by atoms with E-state index in [0.717, 1.165) is 12.1 Å². The molecule has 1 nitrogen and oxygen atoms in total. The van der Waals surface area contributed by atoms with Crippen molar-refractivity contribution in [2.24, 2.45) is 0 Å². The van der Waals surface area contributed by atoms with E-state index in [1.807, 2.05) is 0 Å². The van der Waals surface area contributed by atoms with Crippen LogP contribution in [0.25, 0.3) is 0 Å². The number of hydrogen-bond donors (Lipinski definition) is 1. The lowest BCUT2D eigenvalue weighted by Gasteiger charge is -2.33. The predicted octanol–water partition coefficient (Wildman–Crippen LogP) is 2.88. The molecule has 0 atom stereocenters. The fraction of sp³-hybridized carbons (Fsp3) is 1.00. The predicted molar refractivity (Wildman–Crippen MR) is 54.9 cm³/mol. The minimum absolute atomic E-state index is 0. The van der Waals surface area contributed by atoms with Crippen molar-refractivity contribution in [3.8, 4) is 0 Å². The molecule has 2 fully saturated rings. The van der Waals surface area contributed by atoms with Crippen LogP contribution in [-0.4, -0.2) is 12.1 Å². The molecule has 0 aromatic rings. The summed E-state index contributed by atoms with van der Waals surface area (Å²) in [6.07, 6.45) is 11.6. The van der Waals surface area contributed by atoms with Crippen LogP contribution in [0.5, 0.6) is 0 Å². The van der Waals surface area contributed by atoms with Gasteiger partial charge in [-0.3, -0.25) is 0 Å². The second kappa shape index (κ2) is 5.08. The van der Waals surface area contributed by atoms with Gasteiger partial charge in [-0.25, -0.2) is 0 Å². The Kier molecular flexibility index (Phi) is 4.38. The van der Waals surface area contributed by atoms with Gasteiger partial charge in [-0.2, -0.15) is 0 Å². The van der Waals surface area contributed by atoms with E-state index in [9.17, 15) is 0 Å². The first-order valence-corrected chi connectivity index (χ1v) is 5.21. The Bertz CT molecular complexity index is 117. The quantitative estimate of drug-likeness (QED) is 0.705. The van der Waals surface area contributed by atoms with Crippen LogP contribution in [-0.2, 0) is 0 Å². The highest BCUT2D eigenvalue weighted by molar-refractivity contribution is 5.85. The maximum Gasteiger partial charge on any atom is 0.00696 e. The summed E-state index contributed by atoms with van der Waals surface area (Å²) in [5.41, 5.74) is 0. The summed E-state index contributed by atoms with van der Waals surface area (Å²) in [5.74, 6) is 0. The van der Waals surface area contributed by atoms with E-state index in [1.165, 1.54) is 51.4 Å². The van der Waals surface area contributed by atoms with E-state index in [4.69, 9.17) is 0 Å². The Morgan fingerprint density at radius 3 is 1.58 bits per heavy atom. The van der Waals surface area contributed by atoms with Gasteiger partial charge < -0.3 is 5.32 Å². The highest BCUT2D eigenvalue weighted by Gasteiger charge is 2.21. The summed E-state index contributed by atoms with van der Waals surface area (Å²) < 4.78 is 0. The van der Waals surface area contributed by atoms with Crippen molar-refractivity contribution in [2.75, 3.05) is 0 Å². The van der Waals surface area contributed by atoms with Crippen LogP contribution >= 0.6 is 12.4 Å². The number of halogens is 1. The normalized spacial score (nSPS) is 26.0. The van der Waals surface area contributed by atoms with E-state index in [1.54, 1.807) is 0 Å². The molecule has 0 bridgehead atoms. The monoisotopic (exact) mass is 189 g/mol. The molecule has 1 N–H and O–H groups in total. The molecule has 0 amide bonds. The SMILES string of the molecule is C1CCC(NC2CCC2)CC1.Cl. The number of hydrogen-bond acceptors (Lipinski definition) is 1. The number of rotatable bonds is 2. The smallest absolute Gasteiger partial charge is 0.00696 e. The van der Waals surface area contributed by atoms with Crippen molar-refractivity contribution in [2.45, 2.75) is 63.5 Å². The zero-order valence-corrected chi connectivity index (χ0v) is 8.54. The van der Waals surface area contributed by atoms with Gasteiger partial charge in [0, 0.05) is 12.1 Å². The van der Waals surface area contributed by atoms with Crippen LogP contribution in [0.2, 0.25) is 0 Å². The summed E-state index contributed by atoms with van der Waals surface area (Å²) in [5, 5.41) is 3.76. The van der Waals surface area contributed by atoms with Crippen LogP contribution in [0.3, 0.4) is 0 Å². The molecular weight excluding hydrogens is 170 g/mol. The fourth-order valence-corrected chi connectivity index (χ4v) is 2.18. The first-order chi connectivity index (χ1) is 5.45. The average molecular weight is 190 g/mol. The zero-order chi connectivity index (χ0) is 7.52. The first kappa shape index (κ1) is 10.3. The van der Waals surface area contributed by atoms with Gasteiger partial charge in [-0.1, -0.05) is 25.7 Å². The molecule has 0 heterocycles. The van der Waals surface area contributed by atoms with E-state index >= 15 is 0 Å². The van der Waals surface area contributed by atoms with Crippen LogP contribution < -0.4 is 5.32 Å². The lowest BCUT2D eigenvalue weighted by atomic mass is 9.89. The molecule has 0 radical (unpaired) electrons. The van der Waals surface area contributed by atoms with E-state index in [-0.39, 0.29) is 12.4 Å². The standard InChI is InChI=1S/C10H19N.ClH/c1-2-5-9(6-3-1)11-10-7-4-8-10;/h9-11H,1-8H2;1H. The number of nitrogens with one attached hydrogen (secondary N) is 1. The van der Waals surface area contributed by atoms with Gasteiger partial charge in [0.1, 0.15) is 0 Å². The molecule has 72 valence electrons. The third-order valence-corrected chi connectivity index (χ3v) is 3.18.